The first kappa shape index (κ1) is 16.2. The number of carbonyl (C=O) groups is 3. The average molecular weight is 288 g/mol. The lowest BCUT2D eigenvalue weighted by atomic mass is 10.2. The highest BCUT2D eigenvalue weighted by molar-refractivity contribution is 5.86. The van der Waals surface area contributed by atoms with Crippen LogP contribution in [0.3, 0.4) is 0 Å². The highest BCUT2D eigenvalue weighted by Crippen LogP contribution is 1.93. The zero-order valence-corrected chi connectivity index (χ0v) is 11.1. The van der Waals surface area contributed by atoms with E-state index in [9.17, 15) is 14.4 Å². The van der Waals surface area contributed by atoms with Crippen molar-refractivity contribution in [2.75, 3.05) is 39.3 Å². The van der Waals surface area contributed by atoms with Crippen molar-refractivity contribution in [3.63, 3.8) is 0 Å². The Kier molecular flexibility index (Phi) is 6.74. The van der Waals surface area contributed by atoms with Gasteiger partial charge in [0.1, 0.15) is 6.04 Å². The smallest absolute Gasteiger partial charge is 0.326 e. The molecule has 9 nitrogen and oxygen atoms in total. The first-order valence-electron chi connectivity index (χ1n) is 6.41. The van der Waals surface area contributed by atoms with Gasteiger partial charge in [0.2, 0.25) is 5.91 Å². The number of hydrogen-bond donors (Lipinski definition) is 5. The second-order valence-corrected chi connectivity index (χ2v) is 4.36. The summed E-state index contributed by atoms with van der Waals surface area (Å²) in [5.74, 6) is -1.45. The van der Waals surface area contributed by atoms with Crippen LogP contribution in [-0.2, 0) is 9.59 Å². The quantitative estimate of drug-likeness (QED) is 0.369. The van der Waals surface area contributed by atoms with E-state index in [0.29, 0.717) is 13.1 Å². The third-order valence-electron chi connectivity index (χ3n) is 2.89. The second kappa shape index (κ2) is 8.33. The summed E-state index contributed by atoms with van der Waals surface area (Å²) in [6.07, 6.45) is -0.0888. The van der Waals surface area contributed by atoms with Crippen molar-refractivity contribution < 1.29 is 24.6 Å². The number of aliphatic hydroxyl groups is 1. The van der Waals surface area contributed by atoms with Crippen LogP contribution in [0.4, 0.5) is 4.79 Å². The molecule has 3 amide bonds. The molecule has 0 aliphatic carbocycles. The first-order valence-corrected chi connectivity index (χ1v) is 6.41. The Hall–Kier alpha value is -1.87. The number of nitrogens with one attached hydrogen (secondary N) is 3. The van der Waals surface area contributed by atoms with Crippen molar-refractivity contribution in [3.8, 4) is 0 Å². The summed E-state index contributed by atoms with van der Waals surface area (Å²) in [6, 6.07) is -1.91. The number of carboxylic acids is 1. The molecule has 9 heteroatoms. The Labute approximate surface area is 116 Å². The molecule has 1 aliphatic rings. The van der Waals surface area contributed by atoms with Crippen molar-refractivity contribution in [1.82, 2.24) is 20.9 Å². The van der Waals surface area contributed by atoms with Crippen molar-refractivity contribution >= 4 is 17.9 Å². The minimum Gasteiger partial charge on any atom is -0.480 e. The predicted molar refractivity (Wildman–Crippen MR) is 69.1 cm³/mol. The van der Waals surface area contributed by atoms with Crippen LogP contribution in [-0.4, -0.2) is 78.4 Å². The minimum atomic E-state index is -1.23. The van der Waals surface area contributed by atoms with Gasteiger partial charge in [0.25, 0.3) is 0 Å². The molecule has 0 aromatic rings. The number of piperazine rings is 1. The number of rotatable bonds is 6. The van der Waals surface area contributed by atoms with Crippen LogP contribution in [0, 0.1) is 0 Å². The molecule has 1 saturated heterocycles. The minimum absolute atomic E-state index is 0.0888. The maximum absolute atomic E-state index is 11.7. The van der Waals surface area contributed by atoms with Gasteiger partial charge in [-0.15, -0.1) is 0 Å². The molecule has 0 aromatic heterocycles. The molecule has 0 spiro atoms. The summed E-state index contributed by atoms with van der Waals surface area (Å²) in [5.41, 5.74) is 0. The monoisotopic (exact) mass is 288 g/mol. The van der Waals surface area contributed by atoms with Gasteiger partial charge in [0.05, 0.1) is 6.54 Å². The van der Waals surface area contributed by atoms with Crippen LogP contribution >= 0.6 is 0 Å². The number of aliphatic hydroxyl groups excluding tert-OH is 1. The third-order valence-corrected chi connectivity index (χ3v) is 2.89. The van der Waals surface area contributed by atoms with E-state index < -0.39 is 18.0 Å². The highest BCUT2D eigenvalue weighted by atomic mass is 16.4. The standard InChI is InChI=1S/C11H20N4O5/c16-6-1-8(10(18)19)14-11(20)13-7-9(17)15-4-2-12-3-5-15/h8,12,16H,1-7H2,(H,18,19)(H2,13,14,20). The molecule has 1 atom stereocenters. The summed E-state index contributed by atoms with van der Waals surface area (Å²) in [6.45, 7) is 2.08. The molecule has 1 heterocycles. The zero-order valence-electron chi connectivity index (χ0n) is 11.1. The normalized spacial score (nSPS) is 16.4. The number of carboxylic acid groups (broad SMARTS) is 1. The number of amides is 3. The Balaban J connectivity index is 2.30. The summed E-state index contributed by atoms with van der Waals surface area (Å²) in [7, 11) is 0. The van der Waals surface area contributed by atoms with Gasteiger partial charge in [-0.05, 0) is 0 Å². The van der Waals surface area contributed by atoms with Crippen molar-refractivity contribution in [1.29, 1.82) is 0 Å². The first-order chi connectivity index (χ1) is 9.54. The molecule has 0 aromatic carbocycles. The Morgan fingerprint density at radius 1 is 1.25 bits per heavy atom. The largest absolute Gasteiger partial charge is 0.480 e. The van der Waals surface area contributed by atoms with E-state index in [2.05, 4.69) is 16.0 Å². The molecule has 1 aliphatic heterocycles. The summed E-state index contributed by atoms with van der Waals surface area (Å²) < 4.78 is 0. The van der Waals surface area contributed by atoms with E-state index in [1.54, 1.807) is 4.90 Å². The van der Waals surface area contributed by atoms with E-state index in [-0.39, 0.29) is 25.5 Å². The van der Waals surface area contributed by atoms with Crippen molar-refractivity contribution in [2.24, 2.45) is 0 Å². The number of nitrogens with zero attached hydrogens (tertiary/aromatic N) is 1. The molecule has 20 heavy (non-hydrogen) atoms. The van der Waals surface area contributed by atoms with Crippen LogP contribution in [0.5, 0.6) is 0 Å². The van der Waals surface area contributed by atoms with Gasteiger partial charge in [0.15, 0.2) is 0 Å². The molecule has 1 rings (SSSR count). The fourth-order valence-corrected chi connectivity index (χ4v) is 1.78. The number of aliphatic carboxylic acids is 1. The molecule has 5 N–H and O–H groups in total. The number of carbonyl (C=O) groups excluding carboxylic acids is 2. The number of hydrogen-bond acceptors (Lipinski definition) is 5. The molecule has 0 saturated carbocycles. The Bertz CT molecular complexity index is 357. The van der Waals surface area contributed by atoms with Crippen LogP contribution in [0.1, 0.15) is 6.42 Å². The summed E-state index contributed by atoms with van der Waals surface area (Å²) in [4.78, 5) is 35.6. The molecule has 0 radical (unpaired) electrons. The van der Waals surface area contributed by atoms with E-state index in [4.69, 9.17) is 10.2 Å². The van der Waals surface area contributed by atoms with Crippen molar-refractivity contribution in [2.45, 2.75) is 12.5 Å². The second-order valence-electron chi connectivity index (χ2n) is 4.36. The Morgan fingerprint density at radius 3 is 2.45 bits per heavy atom. The zero-order chi connectivity index (χ0) is 15.0. The molecule has 0 bridgehead atoms. The average Bonchev–Trinajstić information content (AvgIpc) is 2.45. The van der Waals surface area contributed by atoms with Gasteiger partial charge in [-0.3, -0.25) is 4.79 Å². The van der Waals surface area contributed by atoms with Crippen LogP contribution < -0.4 is 16.0 Å². The molecule has 1 fully saturated rings. The van der Waals surface area contributed by atoms with Gasteiger partial charge in [-0.2, -0.15) is 0 Å². The fraction of sp³-hybridized carbons (Fsp3) is 0.727. The fourth-order valence-electron chi connectivity index (χ4n) is 1.78. The maximum Gasteiger partial charge on any atom is 0.326 e. The lowest BCUT2D eigenvalue weighted by Gasteiger charge is -2.27. The predicted octanol–water partition coefficient (Wildman–Crippen LogP) is -2.45. The van der Waals surface area contributed by atoms with Gasteiger partial charge in [-0.25, -0.2) is 9.59 Å². The highest BCUT2D eigenvalue weighted by Gasteiger charge is 2.20. The van der Waals surface area contributed by atoms with Gasteiger partial charge >= 0.3 is 12.0 Å². The van der Waals surface area contributed by atoms with Gasteiger partial charge in [0, 0.05) is 39.2 Å². The van der Waals surface area contributed by atoms with Crippen LogP contribution in [0.2, 0.25) is 0 Å². The topological polar surface area (TPSA) is 131 Å². The molecular weight excluding hydrogens is 268 g/mol. The molecular formula is C11H20N4O5. The third kappa shape index (κ3) is 5.41. The summed E-state index contributed by atoms with van der Waals surface area (Å²) in [5, 5.41) is 25.1. The van der Waals surface area contributed by atoms with E-state index in [1.165, 1.54) is 0 Å². The van der Waals surface area contributed by atoms with Gasteiger partial charge < -0.3 is 31.1 Å². The lowest BCUT2D eigenvalue weighted by Crippen LogP contribution is -2.52. The van der Waals surface area contributed by atoms with E-state index >= 15 is 0 Å². The lowest BCUT2D eigenvalue weighted by molar-refractivity contribution is -0.139. The summed E-state index contributed by atoms with van der Waals surface area (Å²) >= 11 is 0. The van der Waals surface area contributed by atoms with Crippen LogP contribution in [0.25, 0.3) is 0 Å². The van der Waals surface area contributed by atoms with Crippen molar-refractivity contribution in [3.05, 3.63) is 0 Å². The maximum atomic E-state index is 11.7. The van der Waals surface area contributed by atoms with Crippen LogP contribution in [0.15, 0.2) is 0 Å². The van der Waals surface area contributed by atoms with Gasteiger partial charge in [-0.1, -0.05) is 0 Å². The number of urea groups is 1. The molecule has 114 valence electrons. The SMILES string of the molecule is O=C(NCC(=O)N1CCNCC1)NC(CCO)C(=O)O. The Morgan fingerprint density at radius 2 is 1.90 bits per heavy atom. The van der Waals surface area contributed by atoms with E-state index in [1.807, 2.05) is 0 Å². The van der Waals surface area contributed by atoms with E-state index in [0.717, 1.165) is 13.1 Å². The molecule has 1 unspecified atom stereocenters.